The maximum Gasteiger partial charge on any atom is 0.265 e. The SMILES string of the molecule is COc1ccc(OC)c(N(CC(=O)N(Cc2ccccc2C)[C@H](Cc2ccccc2)C(=O)NC2CCCCC2)S(=O)(=O)c2ccc(OC)c(OC)c2)c1. The third-order valence-electron chi connectivity index (χ3n) is 9.70. The number of aryl methyl sites for hydroxylation is 1. The summed E-state index contributed by atoms with van der Waals surface area (Å²) in [6, 6.07) is 25.2. The molecule has 0 aliphatic heterocycles. The van der Waals surface area contributed by atoms with Crippen LogP contribution in [0, 0.1) is 6.92 Å². The maximum absolute atomic E-state index is 15.0. The number of anilines is 1. The van der Waals surface area contributed by atoms with Gasteiger partial charge in [0.25, 0.3) is 10.0 Å². The minimum atomic E-state index is -4.49. The lowest BCUT2D eigenvalue weighted by Gasteiger charge is -2.35. The Bertz CT molecular complexity index is 1970. The summed E-state index contributed by atoms with van der Waals surface area (Å²) < 4.78 is 52.5. The molecule has 1 atom stereocenters. The highest BCUT2D eigenvalue weighted by atomic mass is 32.2. The number of nitrogens with zero attached hydrogens (tertiary/aromatic N) is 2. The first-order valence-electron chi connectivity index (χ1n) is 17.7. The molecule has 1 N–H and O–H groups in total. The highest BCUT2D eigenvalue weighted by molar-refractivity contribution is 7.92. The Balaban J connectivity index is 1.64. The molecule has 1 aliphatic rings. The average Bonchev–Trinajstić information content (AvgIpc) is 3.18. The second-order valence-electron chi connectivity index (χ2n) is 13.1. The Labute approximate surface area is 312 Å². The summed E-state index contributed by atoms with van der Waals surface area (Å²) in [6.45, 7) is 1.36. The van der Waals surface area contributed by atoms with Crippen LogP contribution in [0.5, 0.6) is 23.0 Å². The van der Waals surface area contributed by atoms with Crippen molar-refractivity contribution >= 4 is 27.5 Å². The van der Waals surface area contributed by atoms with Gasteiger partial charge in [0.2, 0.25) is 11.8 Å². The van der Waals surface area contributed by atoms with Crippen LogP contribution in [0.4, 0.5) is 5.69 Å². The van der Waals surface area contributed by atoms with Gasteiger partial charge >= 0.3 is 0 Å². The van der Waals surface area contributed by atoms with Crippen molar-refractivity contribution in [1.82, 2.24) is 10.2 Å². The molecule has 0 radical (unpaired) electrons. The topological polar surface area (TPSA) is 124 Å². The van der Waals surface area contributed by atoms with Crippen LogP contribution >= 0.6 is 0 Å². The molecule has 1 fully saturated rings. The van der Waals surface area contributed by atoms with E-state index in [1.165, 1.54) is 57.6 Å². The Morgan fingerprint density at radius 3 is 2.09 bits per heavy atom. The zero-order valence-corrected chi connectivity index (χ0v) is 31.9. The molecule has 282 valence electrons. The van der Waals surface area contributed by atoms with E-state index in [2.05, 4.69) is 5.32 Å². The third kappa shape index (κ3) is 9.42. The highest BCUT2D eigenvalue weighted by Crippen LogP contribution is 2.38. The van der Waals surface area contributed by atoms with Crippen LogP contribution in [0.2, 0.25) is 0 Å². The molecule has 1 saturated carbocycles. The number of methoxy groups -OCH3 is 4. The van der Waals surface area contributed by atoms with Crippen LogP contribution in [-0.4, -0.2) is 72.2 Å². The van der Waals surface area contributed by atoms with Gasteiger partial charge in [-0.3, -0.25) is 13.9 Å². The first-order chi connectivity index (χ1) is 25.6. The van der Waals surface area contributed by atoms with Gasteiger partial charge in [-0.25, -0.2) is 8.42 Å². The summed E-state index contributed by atoms with van der Waals surface area (Å²) in [6.07, 6.45) is 5.11. The molecular weight excluding hydrogens is 695 g/mol. The van der Waals surface area contributed by atoms with Gasteiger partial charge < -0.3 is 29.2 Å². The van der Waals surface area contributed by atoms with E-state index in [4.69, 9.17) is 18.9 Å². The van der Waals surface area contributed by atoms with Crippen molar-refractivity contribution in [2.45, 2.75) is 69.0 Å². The summed E-state index contributed by atoms with van der Waals surface area (Å²) in [7, 11) is 1.26. The number of carbonyl (C=O) groups excluding carboxylic acids is 2. The van der Waals surface area contributed by atoms with Crippen molar-refractivity contribution in [2.24, 2.45) is 0 Å². The van der Waals surface area contributed by atoms with Gasteiger partial charge in [0.05, 0.1) is 39.0 Å². The Morgan fingerprint density at radius 2 is 1.43 bits per heavy atom. The molecule has 0 bridgehead atoms. The second kappa shape index (κ2) is 18.0. The molecule has 0 aromatic heterocycles. The fourth-order valence-electron chi connectivity index (χ4n) is 6.68. The lowest BCUT2D eigenvalue weighted by molar-refractivity contribution is -0.140. The minimum Gasteiger partial charge on any atom is -0.497 e. The van der Waals surface area contributed by atoms with Gasteiger partial charge in [0.1, 0.15) is 24.1 Å². The fourth-order valence-corrected chi connectivity index (χ4v) is 8.11. The van der Waals surface area contributed by atoms with Crippen molar-refractivity contribution in [2.75, 3.05) is 39.3 Å². The normalized spacial score (nSPS) is 13.8. The van der Waals surface area contributed by atoms with Crippen molar-refractivity contribution < 1.29 is 37.0 Å². The van der Waals surface area contributed by atoms with E-state index in [0.717, 1.165) is 53.1 Å². The summed E-state index contributed by atoms with van der Waals surface area (Å²) in [5, 5.41) is 3.25. The first kappa shape index (κ1) is 39.0. The van der Waals surface area contributed by atoms with Crippen LogP contribution < -0.4 is 28.6 Å². The summed E-state index contributed by atoms with van der Waals surface area (Å²) in [5.74, 6) is 0.222. The van der Waals surface area contributed by atoms with Crippen molar-refractivity contribution in [1.29, 1.82) is 0 Å². The van der Waals surface area contributed by atoms with Crippen molar-refractivity contribution in [3.05, 3.63) is 108 Å². The molecule has 53 heavy (non-hydrogen) atoms. The quantitative estimate of drug-likeness (QED) is 0.142. The Kier molecular flexibility index (Phi) is 13.2. The minimum absolute atomic E-state index is 0.00656. The number of carbonyl (C=O) groups is 2. The number of nitrogens with one attached hydrogen (secondary N) is 1. The zero-order chi connectivity index (χ0) is 38.0. The van der Waals surface area contributed by atoms with E-state index in [9.17, 15) is 13.2 Å². The largest absolute Gasteiger partial charge is 0.497 e. The van der Waals surface area contributed by atoms with Crippen LogP contribution in [-0.2, 0) is 32.6 Å². The van der Waals surface area contributed by atoms with Crippen LogP contribution in [0.1, 0.15) is 48.8 Å². The van der Waals surface area contributed by atoms with E-state index >= 15 is 4.79 Å². The van der Waals surface area contributed by atoms with Gasteiger partial charge in [0, 0.05) is 31.1 Å². The molecular formula is C41H49N3O8S. The first-order valence-corrected chi connectivity index (χ1v) is 19.2. The predicted molar refractivity (Wildman–Crippen MR) is 204 cm³/mol. The molecule has 5 rings (SSSR count). The Hall–Kier alpha value is -5.23. The number of hydrogen-bond acceptors (Lipinski definition) is 8. The number of rotatable bonds is 16. The van der Waals surface area contributed by atoms with Gasteiger partial charge in [-0.05, 0) is 60.7 Å². The molecule has 2 amide bonds. The van der Waals surface area contributed by atoms with Crippen LogP contribution in [0.15, 0.2) is 95.9 Å². The molecule has 12 heteroatoms. The number of hydrogen-bond donors (Lipinski definition) is 1. The molecule has 11 nitrogen and oxygen atoms in total. The summed E-state index contributed by atoms with van der Waals surface area (Å²) in [4.78, 5) is 30.8. The third-order valence-corrected chi connectivity index (χ3v) is 11.5. The molecule has 4 aromatic rings. The fraction of sp³-hybridized carbons (Fsp3) is 0.366. The molecule has 0 saturated heterocycles. The number of benzene rings is 4. The molecule has 0 heterocycles. The summed E-state index contributed by atoms with van der Waals surface area (Å²) in [5.41, 5.74) is 2.71. The van der Waals surface area contributed by atoms with E-state index in [1.54, 1.807) is 12.1 Å². The zero-order valence-electron chi connectivity index (χ0n) is 31.0. The van der Waals surface area contributed by atoms with Crippen molar-refractivity contribution in [3.63, 3.8) is 0 Å². The van der Waals surface area contributed by atoms with Gasteiger partial charge in [0.15, 0.2) is 11.5 Å². The smallest absolute Gasteiger partial charge is 0.265 e. The standard InChI is InChI=1S/C41H49N3O8S/c1-29-14-12-13-17-31(29)27-43(36(24-30-15-8-6-9-16-30)41(46)42-32-18-10-7-11-19-32)40(45)28-44(35-25-33(49-2)20-22-37(35)50-3)53(47,48)34-21-23-38(51-4)39(26-34)52-5/h6,8-9,12-17,20-23,25-26,32,36H,7,10-11,18-19,24,27-28H2,1-5H3,(H,42,46)/t36-/m1/s1. The highest BCUT2D eigenvalue weighted by Gasteiger charge is 2.37. The Morgan fingerprint density at radius 1 is 0.774 bits per heavy atom. The summed E-state index contributed by atoms with van der Waals surface area (Å²) >= 11 is 0. The lowest BCUT2D eigenvalue weighted by atomic mass is 9.94. The van der Waals surface area contributed by atoms with E-state index in [1.807, 2.05) is 61.5 Å². The van der Waals surface area contributed by atoms with E-state index in [-0.39, 0.29) is 47.0 Å². The van der Waals surface area contributed by atoms with Crippen LogP contribution in [0.25, 0.3) is 0 Å². The van der Waals surface area contributed by atoms with Gasteiger partial charge in [-0.2, -0.15) is 0 Å². The predicted octanol–water partition coefficient (Wildman–Crippen LogP) is 6.31. The molecule has 0 spiro atoms. The number of amides is 2. The molecule has 4 aromatic carbocycles. The number of sulfonamides is 1. The molecule has 1 aliphatic carbocycles. The lowest BCUT2D eigenvalue weighted by Crippen LogP contribution is -2.55. The monoisotopic (exact) mass is 743 g/mol. The van der Waals surface area contributed by atoms with Gasteiger partial charge in [-0.15, -0.1) is 0 Å². The second-order valence-corrected chi connectivity index (χ2v) is 14.9. The van der Waals surface area contributed by atoms with Crippen molar-refractivity contribution in [3.8, 4) is 23.0 Å². The van der Waals surface area contributed by atoms with Gasteiger partial charge in [-0.1, -0.05) is 73.9 Å². The van der Waals surface area contributed by atoms with Crippen LogP contribution in [0.3, 0.4) is 0 Å². The molecule has 0 unspecified atom stereocenters. The maximum atomic E-state index is 15.0. The van der Waals surface area contributed by atoms with E-state index < -0.39 is 28.5 Å². The average molecular weight is 744 g/mol. The van der Waals surface area contributed by atoms with E-state index in [0.29, 0.717) is 11.5 Å². The number of ether oxygens (including phenoxy) is 4.